The number of nitrogens with zero attached hydrogens (tertiary/aromatic N) is 2. The van der Waals surface area contributed by atoms with Crippen LogP contribution >= 0.6 is 0 Å². The second-order valence-electron chi connectivity index (χ2n) is 6.74. The molecule has 7 heteroatoms. The number of para-hydroxylation sites is 1. The van der Waals surface area contributed by atoms with Gasteiger partial charge >= 0.3 is 0 Å². The van der Waals surface area contributed by atoms with E-state index in [2.05, 4.69) is 4.98 Å². The van der Waals surface area contributed by atoms with E-state index in [-0.39, 0.29) is 11.5 Å². The highest BCUT2D eigenvalue weighted by atomic mass is 32.2. The average Bonchev–Trinajstić information content (AvgIpc) is 2.78. The lowest BCUT2D eigenvalue weighted by Crippen LogP contribution is -2.03. The first kappa shape index (κ1) is 19.8. The Morgan fingerprint density at radius 2 is 1.73 bits per heavy atom. The van der Waals surface area contributed by atoms with Gasteiger partial charge in [0.2, 0.25) is 0 Å². The van der Waals surface area contributed by atoms with Crippen molar-refractivity contribution in [2.24, 2.45) is 0 Å². The molecular formula is C23H20N2O4S. The van der Waals surface area contributed by atoms with Gasteiger partial charge in [-0.05, 0) is 42.0 Å². The second kappa shape index (κ2) is 7.76. The van der Waals surface area contributed by atoms with Gasteiger partial charge in [0.1, 0.15) is 0 Å². The topological polar surface area (TPSA) is 89.4 Å². The lowest BCUT2D eigenvalue weighted by atomic mass is 10.0. The summed E-state index contributed by atoms with van der Waals surface area (Å²) in [5.41, 5.74) is 4.54. The summed E-state index contributed by atoms with van der Waals surface area (Å²) in [6, 6.07) is 17.5. The highest BCUT2D eigenvalue weighted by Crippen LogP contribution is 2.33. The van der Waals surface area contributed by atoms with Crippen LogP contribution in [-0.2, 0) is 9.84 Å². The predicted octanol–water partition coefficient (Wildman–Crippen LogP) is 4.47. The second-order valence-corrected chi connectivity index (χ2v) is 9.02. The molecule has 4 aromatic rings. The number of sulfone groups is 1. The smallest absolute Gasteiger partial charge is 0.178 e. The van der Waals surface area contributed by atoms with Gasteiger partial charge in [0.25, 0.3) is 0 Å². The third-order valence-corrected chi connectivity index (χ3v) is 6.70. The minimum Gasteiger partial charge on any atom is -0.504 e. The normalized spacial score (nSPS) is 11.5. The molecule has 0 atom stereocenters. The predicted molar refractivity (Wildman–Crippen MR) is 116 cm³/mol. The molecule has 0 bridgehead atoms. The van der Waals surface area contributed by atoms with E-state index >= 15 is 0 Å². The SMILES string of the molecule is CCS(=O)(=O)c1ccc(-c2cccc3ncc(-c4ccc(O)c(OC)c4)nc23)cc1. The third-order valence-electron chi connectivity index (χ3n) is 4.95. The van der Waals surface area contributed by atoms with Crippen LogP contribution in [0, 0.1) is 0 Å². The molecule has 1 N–H and O–H groups in total. The number of hydrogen-bond acceptors (Lipinski definition) is 6. The minimum absolute atomic E-state index is 0.0535. The van der Waals surface area contributed by atoms with Gasteiger partial charge in [-0.1, -0.05) is 31.2 Å². The Kier molecular flexibility index (Phi) is 5.13. The number of phenolic OH excluding ortho intramolecular Hbond substituents is 1. The van der Waals surface area contributed by atoms with Crippen molar-refractivity contribution < 1.29 is 18.3 Å². The molecule has 0 saturated heterocycles. The van der Waals surface area contributed by atoms with Crippen molar-refractivity contribution in [2.45, 2.75) is 11.8 Å². The van der Waals surface area contributed by atoms with Crippen LogP contribution in [0.15, 0.2) is 71.8 Å². The summed E-state index contributed by atoms with van der Waals surface area (Å²) >= 11 is 0. The van der Waals surface area contributed by atoms with Gasteiger partial charge in [-0.3, -0.25) is 4.98 Å². The van der Waals surface area contributed by atoms with E-state index in [9.17, 15) is 13.5 Å². The number of hydrogen-bond donors (Lipinski definition) is 1. The van der Waals surface area contributed by atoms with Crippen molar-refractivity contribution in [3.63, 3.8) is 0 Å². The summed E-state index contributed by atoms with van der Waals surface area (Å²) in [6.45, 7) is 1.63. The lowest BCUT2D eigenvalue weighted by molar-refractivity contribution is 0.373. The Bertz CT molecular complexity index is 1330. The molecule has 30 heavy (non-hydrogen) atoms. The van der Waals surface area contributed by atoms with Crippen LogP contribution < -0.4 is 4.74 Å². The summed E-state index contributed by atoms with van der Waals surface area (Å²) < 4.78 is 29.4. The molecule has 6 nitrogen and oxygen atoms in total. The van der Waals surface area contributed by atoms with Crippen molar-refractivity contribution in [1.82, 2.24) is 9.97 Å². The summed E-state index contributed by atoms with van der Waals surface area (Å²) in [5.74, 6) is 0.471. The Morgan fingerprint density at radius 3 is 2.43 bits per heavy atom. The van der Waals surface area contributed by atoms with E-state index in [0.29, 0.717) is 21.9 Å². The van der Waals surface area contributed by atoms with Gasteiger partial charge in [-0.25, -0.2) is 13.4 Å². The molecule has 0 saturated carbocycles. The molecule has 1 heterocycles. The van der Waals surface area contributed by atoms with Gasteiger partial charge in [0.05, 0.1) is 40.7 Å². The fraction of sp³-hybridized carbons (Fsp3) is 0.130. The van der Waals surface area contributed by atoms with Crippen molar-refractivity contribution in [2.75, 3.05) is 12.9 Å². The van der Waals surface area contributed by atoms with E-state index in [1.165, 1.54) is 7.11 Å². The zero-order valence-electron chi connectivity index (χ0n) is 16.5. The lowest BCUT2D eigenvalue weighted by Gasteiger charge is -2.10. The highest BCUT2D eigenvalue weighted by molar-refractivity contribution is 7.91. The molecule has 0 aliphatic heterocycles. The molecule has 3 aromatic carbocycles. The molecule has 0 unspecified atom stereocenters. The van der Waals surface area contributed by atoms with E-state index in [1.54, 1.807) is 55.6 Å². The number of rotatable bonds is 5. The summed E-state index contributed by atoms with van der Waals surface area (Å²) in [7, 11) is -1.76. The van der Waals surface area contributed by atoms with Crippen LogP contribution in [0.5, 0.6) is 11.5 Å². The Hall–Kier alpha value is -3.45. The Balaban J connectivity index is 1.83. The number of methoxy groups -OCH3 is 1. The van der Waals surface area contributed by atoms with E-state index < -0.39 is 9.84 Å². The zero-order valence-corrected chi connectivity index (χ0v) is 17.3. The van der Waals surface area contributed by atoms with E-state index in [1.807, 2.05) is 18.2 Å². The molecule has 152 valence electrons. The maximum absolute atomic E-state index is 12.1. The maximum Gasteiger partial charge on any atom is 0.178 e. The molecule has 0 spiro atoms. The van der Waals surface area contributed by atoms with E-state index in [0.717, 1.165) is 22.2 Å². The number of ether oxygens (including phenoxy) is 1. The molecule has 0 fully saturated rings. The van der Waals surface area contributed by atoms with Crippen LogP contribution in [0.2, 0.25) is 0 Å². The molecule has 0 radical (unpaired) electrons. The fourth-order valence-electron chi connectivity index (χ4n) is 3.25. The van der Waals surface area contributed by atoms with Crippen LogP contribution in [-0.4, -0.2) is 36.4 Å². The number of fused-ring (bicyclic) bond motifs is 1. The monoisotopic (exact) mass is 420 g/mol. The van der Waals surface area contributed by atoms with Crippen molar-refractivity contribution in [3.8, 4) is 33.9 Å². The average molecular weight is 420 g/mol. The van der Waals surface area contributed by atoms with E-state index in [4.69, 9.17) is 9.72 Å². The minimum atomic E-state index is -3.25. The largest absolute Gasteiger partial charge is 0.504 e. The molecule has 0 aliphatic rings. The zero-order chi connectivity index (χ0) is 21.3. The molecule has 4 rings (SSSR count). The number of aromatic nitrogens is 2. The number of aromatic hydroxyl groups is 1. The van der Waals surface area contributed by atoms with Crippen molar-refractivity contribution >= 4 is 20.9 Å². The van der Waals surface area contributed by atoms with Gasteiger partial charge < -0.3 is 9.84 Å². The molecular weight excluding hydrogens is 400 g/mol. The summed E-state index contributed by atoms with van der Waals surface area (Å²) in [5, 5.41) is 9.84. The Labute approximate surface area is 174 Å². The van der Waals surface area contributed by atoms with Crippen molar-refractivity contribution in [1.29, 1.82) is 0 Å². The highest BCUT2D eigenvalue weighted by Gasteiger charge is 2.13. The summed E-state index contributed by atoms with van der Waals surface area (Å²) in [4.78, 5) is 9.63. The first-order valence-electron chi connectivity index (χ1n) is 9.39. The fourth-order valence-corrected chi connectivity index (χ4v) is 4.13. The third kappa shape index (κ3) is 3.59. The standard InChI is InChI=1S/C23H20N2O4S/c1-3-30(27,28)17-10-7-15(8-11-17)18-5-4-6-19-23(18)25-20(14-24-19)16-9-12-21(26)22(13-16)29-2/h4-14,26H,3H2,1-2H3. The van der Waals surface area contributed by atoms with Gasteiger partial charge in [0.15, 0.2) is 21.3 Å². The van der Waals surface area contributed by atoms with Crippen LogP contribution in [0.4, 0.5) is 0 Å². The van der Waals surface area contributed by atoms with Crippen LogP contribution in [0.1, 0.15) is 6.92 Å². The van der Waals surface area contributed by atoms with Gasteiger partial charge in [0, 0.05) is 11.1 Å². The van der Waals surface area contributed by atoms with Crippen LogP contribution in [0.3, 0.4) is 0 Å². The number of phenols is 1. The molecule has 0 amide bonds. The maximum atomic E-state index is 12.1. The molecule has 0 aliphatic carbocycles. The quantitative estimate of drug-likeness (QED) is 0.512. The first-order valence-corrected chi connectivity index (χ1v) is 11.0. The first-order chi connectivity index (χ1) is 14.4. The number of benzene rings is 3. The van der Waals surface area contributed by atoms with Crippen LogP contribution in [0.25, 0.3) is 33.4 Å². The molecule has 1 aromatic heterocycles. The van der Waals surface area contributed by atoms with Crippen molar-refractivity contribution in [3.05, 3.63) is 66.9 Å². The van der Waals surface area contributed by atoms with Gasteiger partial charge in [-0.15, -0.1) is 0 Å². The van der Waals surface area contributed by atoms with Gasteiger partial charge in [-0.2, -0.15) is 0 Å². The summed E-state index contributed by atoms with van der Waals surface area (Å²) in [6.07, 6.45) is 1.68. The Morgan fingerprint density at radius 1 is 1.00 bits per heavy atom.